The van der Waals surface area contributed by atoms with Gasteiger partial charge in [-0.1, -0.05) is 12.1 Å². The SMILES string of the molecule is COCc1cccc(OCc2nc3cc(F)ccc3s2)c1. The molecule has 0 saturated heterocycles. The molecule has 0 N–H and O–H groups in total. The van der Waals surface area contributed by atoms with Gasteiger partial charge in [-0.2, -0.15) is 0 Å². The van der Waals surface area contributed by atoms with Crippen LogP contribution in [-0.4, -0.2) is 12.1 Å². The summed E-state index contributed by atoms with van der Waals surface area (Å²) in [5.74, 6) is 0.502. The second-order valence-corrected chi connectivity index (χ2v) is 5.70. The standard InChI is InChI=1S/C16H14FNO2S/c1-19-9-11-3-2-4-13(7-11)20-10-16-18-14-8-12(17)5-6-15(14)21-16/h2-8H,9-10H2,1H3. The summed E-state index contributed by atoms with van der Waals surface area (Å²) in [6, 6.07) is 12.4. The van der Waals surface area contributed by atoms with Crippen LogP contribution in [0.15, 0.2) is 42.5 Å². The minimum Gasteiger partial charge on any atom is -0.486 e. The highest BCUT2D eigenvalue weighted by Crippen LogP contribution is 2.24. The van der Waals surface area contributed by atoms with Crippen LogP contribution in [0, 0.1) is 5.82 Å². The molecule has 108 valence electrons. The van der Waals surface area contributed by atoms with Gasteiger partial charge in [-0.3, -0.25) is 0 Å². The average Bonchev–Trinajstić information content (AvgIpc) is 2.88. The smallest absolute Gasteiger partial charge is 0.140 e. The van der Waals surface area contributed by atoms with Crippen LogP contribution < -0.4 is 4.74 Å². The van der Waals surface area contributed by atoms with E-state index in [1.165, 1.54) is 23.5 Å². The zero-order chi connectivity index (χ0) is 14.7. The van der Waals surface area contributed by atoms with Crippen molar-refractivity contribution in [2.75, 3.05) is 7.11 Å². The number of hydrogen-bond acceptors (Lipinski definition) is 4. The number of methoxy groups -OCH3 is 1. The number of rotatable bonds is 5. The second kappa shape index (κ2) is 6.20. The summed E-state index contributed by atoms with van der Waals surface area (Å²) in [6.07, 6.45) is 0. The van der Waals surface area contributed by atoms with E-state index in [0.717, 1.165) is 21.0 Å². The first-order chi connectivity index (χ1) is 10.2. The van der Waals surface area contributed by atoms with Crippen molar-refractivity contribution in [3.05, 3.63) is 58.9 Å². The van der Waals surface area contributed by atoms with Gasteiger partial charge in [-0.25, -0.2) is 9.37 Å². The molecule has 0 fully saturated rings. The molecule has 2 aromatic carbocycles. The van der Waals surface area contributed by atoms with Crippen LogP contribution in [0.25, 0.3) is 10.2 Å². The van der Waals surface area contributed by atoms with Gasteiger partial charge in [-0.15, -0.1) is 11.3 Å². The van der Waals surface area contributed by atoms with Gasteiger partial charge in [-0.05, 0) is 29.8 Å². The van der Waals surface area contributed by atoms with E-state index in [4.69, 9.17) is 9.47 Å². The molecular weight excluding hydrogens is 289 g/mol. The predicted octanol–water partition coefficient (Wildman–Crippen LogP) is 4.16. The predicted molar refractivity (Wildman–Crippen MR) is 81.1 cm³/mol. The molecule has 0 bridgehead atoms. The van der Waals surface area contributed by atoms with Crippen molar-refractivity contribution in [2.24, 2.45) is 0 Å². The topological polar surface area (TPSA) is 31.4 Å². The summed E-state index contributed by atoms with van der Waals surface area (Å²) in [5, 5.41) is 0.827. The lowest BCUT2D eigenvalue weighted by molar-refractivity contribution is 0.184. The molecule has 3 aromatic rings. The molecule has 0 aliphatic heterocycles. The molecule has 1 heterocycles. The molecule has 0 radical (unpaired) electrons. The van der Waals surface area contributed by atoms with Gasteiger partial charge in [0.15, 0.2) is 0 Å². The molecule has 5 heteroatoms. The molecular formula is C16H14FNO2S. The Morgan fingerprint density at radius 2 is 2.05 bits per heavy atom. The first-order valence-electron chi connectivity index (χ1n) is 6.50. The van der Waals surface area contributed by atoms with Crippen LogP contribution in [0.4, 0.5) is 4.39 Å². The van der Waals surface area contributed by atoms with E-state index in [-0.39, 0.29) is 5.82 Å². The summed E-state index contributed by atoms with van der Waals surface area (Å²) in [5.41, 5.74) is 1.73. The number of thiazole rings is 1. The molecule has 0 atom stereocenters. The Morgan fingerprint density at radius 3 is 2.90 bits per heavy atom. The number of hydrogen-bond donors (Lipinski definition) is 0. The van der Waals surface area contributed by atoms with Crippen LogP contribution in [0.2, 0.25) is 0 Å². The minimum absolute atomic E-state index is 0.271. The van der Waals surface area contributed by atoms with Crippen molar-refractivity contribution in [3.8, 4) is 5.75 Å². The molecule has 0 saturated carbocycles. The largest absolute Gasteiger partial charge is 0.486 e. The van der Waals surface area contributed by atoms with Gasteiger partial charge < -0.3 is 9.47 Å². The highest BCUT2D eigenvalue weighted by molar-refractivity contribution is 7.18. The number of halogens is 1. The zero-order valence-electron chi connectivity index (χ0n) is 11.5. The van der Waals surface area contributed by atoms with Gasteiger partial charge >= 0.3 is 0 Å². The normalized spacial score (nSPS) is 11.0. The number of ether oxygens (including phenoxy) is 2. The van der Waals surface area contributed by atoms with Crippen molar-refractivity contribution >= 4 is 21.6 Å². The lowest BCUT2D eigenvalue weighted by atomic mass is 10.2. The number of fused-ring (bicyclic) bond motifs is 1. The lowest BCUT2D eigenvalue weighted by Gasteiger charge is -2.06. The van der Waals surface area contributed by atoms with Gasteiger partial charge in [0.25, 0.3) is 0 Å². The summed E-state index contributed by atoms with van der Waals surface area (Å²) >= 11 is 1.51. The third kappa shape index (κ3) is 3.37. The van der Waals surface area contributed by atoms with Gasteiger partial charge in [0.1, 0.15) is 23.2 Å². The van der Waals surface area contributed by atoms with E-state index in [9.17, 15) is 4.39 Å². The maximum Gasteiger partial charge on any atom is 0.140 e. The van der Waals surface area contributed by atoms with Crippen molar-refractivity contribution in [2.45, 2.75) is 13.2 Å². The molecule has 1 aromatic heterocycles. The Balaban J connectivity index is 1.72. The van der Waals surface area contributed by atoms with E-state index in [1.807, 2.05) is 24.3 Å². The van der Waals surface area contributed by atoms with E-state index in [1.54, 1.807) is 13.2 Å². The van der Waals surface area contributed by atoms with E-state index in [2.05, 4.69) is 4.98 Å². The van der Waals surface area contributed by atoms with Crippen LogP contribution in [0.5, 0.6) is 5.75 Å². The maximum absolute atomic E-state index is 13.1. The molecule has 0 spiro atoms. The highest BCUT2D eigenvalue weighted by atomic mass is 32.1. The van der Waals surface area contributed by atoms with Crippen LogP contribution >= 0.6 is 11.3 Å². The molecule has 0 unspecified atom stereocenters. The Morgan fingerprint density at radius 1 is 1.14 bits per heavy atom. The molecule has 0 aliphatic carbocycles. The highest BCUT2D eigenvalue weighted by Gasteiger charge is 2.06. The fourth-order valence-electron chi connectivity index (χ4n) is 2.05. The molecule has 21 heavy (non-hydrogen) atoms. The number of benzene rings is 2. The van der Waals surface area contributed by atoms with Gasteiger partial charge in [0, 0.05) is 13.2 Å². The summed E-state index contributed by atoms with van der Waals surface area (Å²) < 4.78 is 24.9. The van der Waals surface area contributed by atoms with E-state index in [0.29, 0.717) is 18.7 Å². The Hall–Kier alpha value is -1.98. The molecule has 3 nitrogen and oxygen atoms in total. The van der Waals surface area contributed by atoms with Crippen molar-refractivity contribution in [1.29, 1.82) is 0 Å². The van der Waals surface area contributed by atoms with E-state index >= 15 is 0 Å². The first-order valence-corrected chi connectivity index (χ1v) is 7.32. The van der Waals surface area contributed by atoms with Crippen molar-refractivity contribution in [3.63, 3.8) is 0 Å². The maximum atomic E-state index is 13.1. The fourth-order valence-corrected chi connectivity index (χ4v) is 2.91. The third-order valence-electron chi connectivity index (χ3n) is 2.97. The third-order valence-corrected chi connectivity index (χ3v) is 3.98. The summed E-state index contributed by atoms with van der Waals surface area (Å²) in [6.45, 7) is 0.926. The first kappa shape index (κ1) is 14.0. The molecule has 0 amide bonds. The quantitative estimate of drug-likeness (QED) is 0.709. The van der Waals surface area contributed by atoms with Gasteiger partial charge in [0.05, 0.1) is 16.8 Å². The summed E-state index contributed by atoms with van der Waals surface area (Å²) in [7, 11) is 1.66. The Labute approximate surface area is 126 Å². The van der Waals surface area contributed by atoms with Crippen LogP contribution in [-0.2, 0) is 18.0 Å². The van der Waals surface area contributed by atoms with Crippen LogP contribution in [0.1, 0.15) is 10.6 Å². The van der Waals surface area contributed by atoms with Crippen molar-refractivity contribution < 1.29 is 13.9 Å². The number of nitrogens with zero attached hydrogens (tertiary/aromatic N) is 1. The van der Waals surface area contributed by atoms with E-state index < -0.39 is 0 Å². The molecule has 0 aliphatic rings. The second-order valence-electron chi connectivity index (χ2n) is 4.59. The van der Waals surface area contributed by atoms with Crippen molar-refractivity contribution in [1.82, 2.24) is 4.98 Å². The zero-order valence-corrected chi connectivity index (χ0v) is 12.3. The van der Waals surface area contributed by atoms with Crippen LogP contribution in [0.3, 0.4) is 0 Å². The molecule has 3 rings (SSSR count). The van der Waals surface area contributed by atoms with Gasteiger partial charge in [0.2, 0.25) is 0 Å². The Kier molecular flexibility index (Phi) is 4.13. The fraction of sp³-hybridized carbons (Fsp3) is 0.188. The monoisotopic (exact) mass is 303 g/mol. The minimum atomic E-state index is -0.271. The lowest BCUT2D eigenvalue weighted by Crippen LogP contribution is -1.95. The summed E-state index contributed by atoms with van der Waals surface area (Å²) in [4.78, 5) is 4.38. The Bertz CT molecular complexity index is 757. The number of aromatic nitrogens is 1. The average molecular weight is 303 g/mol.